The van der Waals surface area contributed by atoms with Crippen molar-refractivity contribution in [2.45, 2.75) is 19.8 Å². The molecular weight excluding hydrogens is 504 g/mol. The van der Waals surface area contributed by atoms with Crippen molar-refractivity contribution < 1.29 is 14.3 Å². The van der Waals surface area contributed by atoms with Gasteiger partial charge >= 0.3 is 0 Å². The normalized spacial score (nSPS) is 19.5. The van der Waals surface area contributed by atoms with Crippen molar-refractivity contribution in [1.82, 2.24) is 34.6 Å². The van der Waals surface area contributed by atoms with Crippen LogP contribution in [0.1, 0.15) is 39.3 Å². The van der Waals surface area contributed by atoms with E-state index in [0.717, 1.165) is 61.0 Å². The number of amides is 2. The Morgan fingerprint density at radius 2 is 2.05 bits per heavy atom. The third-order valence-electron chi connectivity index (χ3n) is 7.44. The van der Waals surface area contributed by atoms with Crippen molar-refractivity contribution in [1.29, 1.82) is 0 Å². The Bertz CT molecular complexity index is 1500. The Morgan fingerprint density at radius 1 is 1.16 bits per heavy atom. The lowest BCUT2D eigenvalue weighted by Gasteiger charge is -2.22. The second-order valence-corrected chi connectivity index (χ2v) is 11.2. The molecule has 38 heavy (non-hydrogen) atoms. The van der Waals surface area contributed by atoms with Crippen molar-refractivity contribution in [2.24, 2.45) is 12.5 Å². The number of nitrogens with zero attached hydrogens (tertiary/aromatic N) is 6. The molecule has 11 nitrogen and oxygen atoms in total. The van der Waals surface area contributed by atoms with Gasteiger partial charge in [0, 0.05) is 62.9 Å². The molecule has 0 aromatic carbocycles. The van der Waals surface area contributed by atoms with Gasteiger partial charge in [-0.1, -0.05) is 0 Å². The molecule has 0 bridgehead atoms. The summed E-state index contributed by atoms with van der Waals surface area (Å²) in [5.74, 6) is -0.515. The number of thiazole rings is 1. The number of rotatable bonds is 7. The van der Waals surface area contributed by atoms with Crippen molar-refractivity contribution in [2.75, 3.05) is 44.7 Å². The number of fused-ring (bicyclic) bond motifs is 1. The maximum atomic E-state index is 13.2. The van der Waals surface area contributed by atoms with Crippen LogP contribution in [0.3, 0.4) is 0 Å². The van der Waals surface area contributed by atoms with Crippen LogP contribution in [0, 0.1) is 12.3 Å². The van der Waals surface area contributed by atoms with Crippen LogP contribution >= 0.6 is 11.3 Å². The van der Waals surface area contributed by atoms with Crippen LogP contribution in [0.5, 0.6) is 0 Å². The number of aryl methyl sites for hydroxylation is 2. The third kappa shape index (κ3) is 4.82. The Hall–Kier alpha value is -3.61. The standard InChI is InChI=1S/C26H30N8O3S/c1-17-21(31-24(36)20-12-30-34-14-22(38-25(20)34)19-11-29-32(2)13-19)9-18(10-28-17)23(35)27-5-7-33-6-3-26(15-33)4-8-37-16-26/h9-14H,3-8,15-16H2,1-2H3,(H,27,35)(H,31,36). The van der Waals surface area contributed by atoms with E-state index in [1.807, 2.05) is 19.4 Å². The van der Waals surface area contributed by atoms with E-state index in [0.29, 0.717) is 34.5 Å². The molecule has 2 N–H and O–H groups in total. The Morgan fingerprint density at radius 3 is 2.84 bits per heavy atom. The summed E-state index contributed by atoms with van der Waals surface area (Å²) in [6.07, 6.45) is 11.0. The van der Waals surface area contributed by atoms with E-state index in [4.69, 9.17) is 4.74 Å². The highest BCUT2D eigenvalue weighted by atomic mass is 32.1. The summed E-state index contributed by atoms with van der Waals surface area (Å²) in [6, 6.07) is 1.67. The van der Waals surface area contributed by atoms with Crippen LogP contribution in [-0.2, 0) is 11.8 Å². The minimum Gasteiger partial charge on any atom is -0.381 e. The average Bonchev–Trinajstić information content (AvgIpc) is 3.71. The fraction of sp³-hybridized carbons (Fsp3) is 0.423. The number of hydrogen-bond donors (Lipinski definition) is 2. The van der Waals surface area contributed by atoms with Gasteiger partial charge in [0.25, 0.3) is 11.8 Å². The fourth-order valence-corrected chi connectivity index (χ4v) is 6.25. The van der Waals surface area contributed by atoms with E-state index < -0.39 is 0 Å². The molecule has 2 amide bonds. The number of pyridine rings is 1. The van der Waals surface area contributed by atoms with Crippen molar-refractivity contribution in [3.8, 4) is 10.4 Å². The summed E-state index contributed by atoms with van der Waals surface area (Å²) in [6.45, 7) is 6.93. The molecule has 4 aromatic heterocycles. The number of aromatic nitrogens is 5. The maximum absolute atomic E-state index is 13.2. The first-order valence-corrected chi connectivity index (χ1v) is 13.5. The van der Waals surface area contributed by atoms with Crippen LogP contribution in [0.4, 0.5) is 5.69 Å². The maximum Gasteiger partial charge on any atom is 0.260 e. The monoisotopic (exact) mass is 534 g/mol. The number of anilines is 1. The fourth-order valence-electron chi connectivity index (χ4n) is 5.22. The van der Waals surface area contributed by atoms with E-state index in [-0.39, 0.29) is 11.8 Å². The largest absolute Gasteiger partial charge is 0.381 e. The second-order valence-electron chi connectivity index (χ2n) is 10.2. The van der Waals surface area contributed by atoms with Gasteiger partial charge in [0.05, 0.1) is 46.4 Å². The first kappa shape index (κ1) is 24.7. The van der Waals surface area contributed by atoms with Crippen molar-refractivity contribution >= 4 is 33.7 Å². The molecule has 6 rings (SSSR count). The van der Waals surface area contributed by atoms with Crippen molar-refractivity contribution in [3.05, 3.63) is 53.9 Å². The molecule has 4 aromatic rings. The highest BCUT2D eigenvalue weighted by Gasteiger charge is 2.40. The number of carbonyl (C=O) groups is 2. The highest BCUT2D eigenvalue weighted by Crippen LogP contribution is 2.37. The summed E-state index contributed by atoms with van der Waals surface area (Å²) in [7, 11) is 1.86. The van der Waals surface area contributed by atoms with Gasteiger partial charge in [0.2, 0.25) is 0 Å². The van der Waals surface area contributed by atoms with Gasteiger partial charge in [-0.25, -0.2) is 4.52 Å². The van der Waals surface area contributed by atoms with Crippen LogP contribution < -0.4 is 10.6 Å². The zero-order chi connectivity index (χ0) is 26.3. The molecule has 2 aliphatic rings. The number of likely N-dealkylation sites (tertiary alicyclic amines) is 1. The van der Waals surface area contributed by atoms with Crippen LogP contribution in [0.2, 0.25) is 0 Å². The summed E-state index contributed by atoms with van der Waals surface area (Å²) in [4.78, 5) is 34.5. The molecule has 2 aliphatic heterocycles. The molecule has 0 radical (unpaired) electrons. The SMILES string of the molecule is Cc1ncc(C(=O)NCCN2CCC3(CCOC3)C2)cc1NC(=O)c1cnn2cc(-c3cnn(C)c3)sc12. The van der Waals surface area contributed by atoms with E-state index in [2.05, 4.69) is 30.7 Å². The second kappa shape index (κ2) is 9.93. The first-order valence-electron chi connectivity index (χ1n) is 12.7. The highest BCUT2D eigenvalue weighted by molar-refractivity contribution is 7.21. The van der Waals surface area contributed by atoms with Gasteiger partial charge in [-0.2, -0.15) is 10.2 Å². The first-order chi connectivity index (χ1) is 18.4. The minimum atomic E-state index is -0.305. The average molecular weight is 535 g/mol. The predicted octanol–water partition coefficient (Wildman–Crippen LogP) is 2.59. The lowest BCUT2D eigenvalue weighted by atomic mass is 9.87. The minimum absolute atomic E-state index is 0.210. The molecule has 2 fully saturated rings. The summed E-state index contributed by atoms with van der Waals surface area (Å²) < 4.78 is 9.03. The molecule has 12 heteroatoms. The Balaban J connectivity index is 1.09. The predicted molar refractivity (Wildman–Crippen MR) is 143 cm³/mol. The smallest absolute Gasteiger partial charge is 0.260 e. The molecule has 6 heterocycles. The summed E-state index contributed by atoms with van der Waals surface area (Å²) >= 11 is 1.47. The number of hydrogen-bond acceptors (Lipinski definition) is 8. The number of carbonyl (C=O) groups excluding carboxylic acids is 2. The van der Waals surface area contributed by atoms with Gasteiger partial charge in [0.1, 0.15) is 4.83 Å². The van der Waals surface area contributed by atoms with Gasteiger partial charge in [-0.3, -0.25) is 19.3 Å². The Labute approximate surface area is 223 Å². The lowest BCUT2D eigenvalue weighted by molar-refractivity contribution is 0.0946. The van der Waals surface area contributed by atoms with Crippen LogP contribution in [-0.4, -0.2) is 80.5 Å². The molecule has 2 saturated heterocycles. The zero-order valence-electron chi connectivity index (χ0n) is 21.4. The molecule has 1 unspecified atom stereocenters. The molecule has 0 aliphatic carbocycles. The molecule has 1 atom stereocenters. The van der Waals surface area contributed by atoms with Crippen molar-refractivity contribution in [3.63, 3.8) is 0 Å². The van der Waals surface area contributed by atoms with Crippen LogP contribution in [0.15, 0.2) is 37.1 Å². The van der Waals surface area contributed by atoms with Gasteiger partial charge in [-0.15, -0.1) is 11.3 Å². The number of ether oxygens (including phenoxy) is 1. The summed E-state index contributed by atoms with van der Waals surface area (Å²) in [5, 5.41) is 14.5. The molecule has 0 saturated carbocycles. The third-order valence-corrected chi connectivity index (χ3v) is 8.60. The van der Waals surface area contributed by atoms with E-state index in [9.17, 15) is 9.59 Å². The van der Waals surface area contributed by atoms with Gasteiger partial charge in [0.15, 0.2) is 0 Å². The zero-order valence-corrected chi connectivity index (χ0v) is 22.3. The molecule has 1 spiro atoms. The quantitative estimate of drug-likeness (QED) is 0.374. The Kier molecular flexibility index (Phi) is 6.46. The van der Waals surface area contributed by atoms with Crippen LogP contribution in [0.25, 0.3) is 15.3 Å². The van der Waals surface area contributed by atoms with E-state index in [1.54, 1.807) is 40.8 Å². The topological polar surface area (TPSA) is 119 Å². The van der Waals surface area contributed by atoms with E-state index >= 15 is 0 Å². The number of nitrogens with one attached hydrogen (secondary N) is 2. The van der Waals surface area contributed by atoms with Gasteiger partial charge < -0.3 is 20.3 Å². The lowest BCUT2D eigenvalue weighted by Crippen LogP contribution is -2.35. The van der Waals surface area contributed by atoms with E-state index in [1.165, 1.54) is 11.3 Å². The molecular formula is C26H30N8O3S. The summed E-state index contributed by atoms with van der Waals surface area (Å²) in [5.41, 5.74) is 3.25. The van der Waals surface area contributed by atoms with Gasteiger partial charge in [-0.05, 0) is 32.4 Å². The molecule has 198 valence electrons.